The third-order valence-electron chi connectivity index (χ3n) is 4.46. The molecule has 0 atom stereocenters. The number of likely N-dealkylation sites (N-methyl/N-ethyl adjacent to an activating group) is 1. The van der Waals surface area contributed by atoms with Crippen LogP contribution in [0.4, 0.5) is 9.18 Å². The Kier molecular flexibility index (Phi) is 6.40. The molecule has 1 saturated heterocycles. The van der Waals surface area contributed by atoms with Crippen LogP contribution in [-0.2, 0) is 9.59 Å². The summed E-state index contributed by atoms with van der Waals surface area (Å²) in [5.41, 5.74) is 0.216. The van der Waals surface area contributed by atoms with Gasteiger partial charge in [-0.05, 0) is 42.1 Å². The number of phenolic OH excluding ortho intramolecular Hbond substituents is 2. The quantitative estimate of drug-likeness (QED) is 0.400. The van der Waals surface area contributed by atoms with E-state index >= 15 is 0 Å². The van der Waals surface area contributed by atoms with Crippen molar-refractivity contribution in [1.29, 1.82) is 0 Å². The molecule has 0 saturated carbocycles. The maximum atomic E-state index is 13.8. The molecule has 0 radical (unpaired) electrons. The summed E-state index contributed by atoms with van der Waals surface area (Å²) < 4.78 is 13.8. The van der Waals surface area contributed by atoms with Crippen molar-refractivity contribution >= 4 is 40.7 Å². The number of hydrogen-bond acceptors (Lipinski definition) is 7. The third-order valence-corrected chi connectivity index (χ3v) is 5.37. The Morgan fingerprint density at radius 2 is 1.84 bits per heavy atom. The lowest BCUT2D eigenvalue weighted by molar-refractivity contribution is -0.134. The Hall–Kier alpha value is -3.66. The summed E-state index contributed by atoms with van der Waals surface area (Å²) in [6.45, 7) is -0.950. The van der Waals surface area contributed by atoms with Crippen molar-refractivity contribution in [2.24, 2.45) is 0 Å². The smallest absolute Gasteiger partial charge is 0.294 e. The Morgan fingerprint density at radius 1 is 1.13 bits per heavy atom. The molecule has 0 unspecified atom stereocenters. The van der Waals surface area contributed by atoms with Crippen LogP contribution in [0.15, 0.2) is 47.4 Å². The van der Waals surface area contributed by atoms with E-state index in [1.165, 1.54) is 37.4 Å². The number of carbonyl (C=O) groups is 4. The normalized spacial score (nSPS) is 14.9. The Labute approximate surface area is 180 Å². The van der Waals surface area contributed by atoms with Gasteiger partial charge in [0.25, 0.3) is 11.1 Å². The average molecular weight is 444 g/mol. The lowest BCUT2D eigenvalue weighted by atomic mass is 10.1. The van der Waals surface area contributed by atoms with Crippen molar-refractivity contribution in [3.8, 4) is 11.5 Å². The molecule has 2 aromatic rings. The van der Waals surface area contributed by atoms with E-state index in [1.807, 2.05) is 0 Å². The first-order valence-electron chi connectivity index (χ1n) is 8.96. The number of amides is 3. The van der Waals surface area contributed by atoms with E-state index in [4.69, 9.17) is 0 Å². The number of imide groups is 1. The van der Waals surface area contributed by atoms with Gasteiger partial charge >= 0.3 is 0 Å². The number of aromatic hydroxyl groups is 2. The predicted octanol–water partition coefficient (Wildman–Crippen LogP) is 2.61. The maximum Gasteiger partial charge on any atom is 0.294 e. The summed E-state index contributed by atoms with van der Waals surface area (Å²) in [5, 5.41) is 18.1. The number of carbonyl (C=O) groups excluding carboxylic acids is 4. The standard InChI is InChI=1S/C21H17FN2O6S/c1-23(10-17(27)13-6-7-15(25)16(26)8-13)19(28)11-24-20(29)18(31-21(24)30)9-12-4-2-3-5-14(12)22/h2-9,25-26H,10-11H2,1H3. The fourth-order valence-corrected chi connectivity index (χ4v) is 3.55. The van der Waals surface area contributed by atoms with Crippen LogP contribution >= 0.6 is 11.8 Å². The first kappa shape index (κ1) is 22.0. The van der Waals surface area contributed by atoms with Crippen LogP contribution in [0.2, 0.25) is 0 Å². The summed E-state index contributed by atoms with van der Waals surface area (Å²) in [6.07, 6.45) is 1.25. The largest absolute Gasteiger partial charge is 0.504 e. The summed E-state index contributed by atoms with van der Waals surface area (Å²) in [5.74, 6) is -3.31. The van der Waals surface area contributed by atoms with E-state index in [0.29, 0.717) is 11.8 Å². The van der Waals surface area contributed by atoms with Crippen LogP contribution in [0.25, 0.3) is 6.08 Å². The fourth-order valence-electron chi connectivity index (χ4n) is 2.72. The van der Waals surface area contributed by atoms with Gasteiger partial charge in [-0.2, -0.15) is 0 Å². The molecule has 3 amide bonds. The summed E-state index contributed by atoms with van der Waals surface area (Å²) in [7, 11) is 1.33. The number of hydrogen-bond donors (Lipinski definition) is 2. The molecule has 2 N–H and O–H groups in total. The Bertz CT molecular complexity index is 1120. The SMILES string of the molecule is CN(CC(=O)c1ccc(O)c(O)c1)C(=O)CN1C(=O)SC(=Cc2ccccc2F)C1=O. The number of halogens is 1. The molecule has 3 rings (SSSR count). The van der Waals surface area contributed by atoms with E-state index < -0.39 is 40.9 Å². The van der Waals surface area contributed by atoms with Crippen molar-refractivity contribution in [1.82, 2.24) is 9.80 Å². The molecular formula is C21H17FN2O6S. The zero-order valence-corrected chi connectivity index (χ0v) is 17.1. The van der Waals surface area contributed by atoms with Crippen LogP contribution in [-0.4, -0.2) is 63.0 Å². The van der Waals surface area contributed by atoms with Gasteiger partial charge in [0.2, 0.25) is 5.91 Å². The molecule has 0 spiro atoms. The molecule has 1 aliphatic heterocycles. The van der Waals surface area contributed by atoms with E-state index in [2.05, 4.69) is 0 Å². The second kappa shape index (κ2) is 9.00. The van der Waals surface area contributed by atoms with Crippen molar-refractivity contribution in [3.05, 3.63) is 64.3 Å². The number of benzene rings is 2. The van der Waals surface area contributed by atoms with Gasteiger partial charge in [-0.1, -0.05) is 18.2 Å². The zero-order chi connectivity index (χ0) is 22.7. The number of thioether (sulfide) groups is 1. The van der Waals surface area contributed by atoms with Gasteiger partial charge in [0.15, 0.2) is 17.3 Å². The van der Waals surface area contributed by atoms with Gasteiger partial charge in [0.1, 0.15) is 12.4 Å². The molecule has 8 nitrogen and oxygen atoms in total. The lowest BCUT2D eigenvalue weighted by Crippen LogP contribution is -2.42. The molecule has 10 heteroatoms. The van der Waals surface area contributed by atoms with Gasteiger partial charge in [0, 0.05) is 18.2 Å². The molecule has 0 aromatic heterocycles. The minimum Gasteiger partial charge on any atom is -0.504 e. The summed E-state index contributed by atoms with van der Waals surface area (Å²) in [4.78, 5) is 51.2. The van der Waals surface area contributed by atoms with Gasteiger partial charge < -0.3 is 15.1 Å². The van der Waals surface area contributed by atoms with Gasteiger partial charge in [-0.15, -0.1) is 0 Å². The molecule has 1 heterocycles. The van der Waals surface area contributed by atoms with Crippen LogP contribution in [0.1, 0.15) is 15.9 Å². The molecule has 1 fully saturated rings. The molecule has 2 aromatic carbocycles. The van der Waals surface area contributed by atoms with E-state index in [0.717, 1.165) is 21.9 Å². The second-order valence-electron chi connectivity index (χ2n) is 6.67. The monoisotopic (exact) mass is 444 g/mol. The highest BCUT2D eigenvalue weighted by atomic mass is 32.2. The number of rotatable bonds is 6. The number of ketones is 1. The number of Topliss-reactive ketones (excluding diaryl/α,β-unsaturated/α-hetero) is 1. The van der Waals surface area contributed by atoms with Crippen molar-refractivity contribution in [2.75, 3.05) is 20.1 Å². The highest BCUT2D eigenvalue weighted by molar-refractivity contribution is 8.18. The van der Waals surface area contributed by atoms with Crippen LogP contribution < -0.4 is 0 Å². The minimum atomic E-state index is -0.727. The first-order chi connectivity index (χ1) is 14.7. The molecular weight excluding hydrogens is 427 g/mol. The second-order valence-corrected chi connectivity index (χ2v) is 7.66. The van der Waals surface area contributed by atoms with Crippen molar-refractivity contribution in [2.45, 2.75) is 0 Å². The van der Waals surface area contributed by atoms with Crippen molar-refractivity contribution in [3.63, 3.8) is 0 Å². The number of phenols is 2. The van der Waals surface area contributed by atoms with Gasteiger partial charge in [-0.3, -0.25) is 24.1 Å². The number of nitrogens with zero attached hydrogens (tertiary/aromatic N) is 2. The molecule has 0 bridgehead atoms. The van der Waals surface area contributed by atoms with Gasteiger partial charge in [-0.25, -0.2) is 4.39 Å². The molecule has 160 valence electrons. The highest BCUT2D eigenvalue weighted by Gasteiger charge is 2.37. The van der Waals surface area contributed by atoms with E-state index in [9.17, 15) is 33.8 Å². The molecule has 0 aliphatic carbocycles. The predicted molar refractivity (Wildman–Crippen MR) is 111 cm³/mol. The first-order valence-corrected chi connectivity index (χ1v) is 9.78. The van der Waals surface area contributed by atoms with Crippen LogP contribution in [0.5, 0.6) is 11.5 Å². The van der Waals surface area contributed by atoms with Crippen LogP contribution in [0.3, 0.4) is 0 Å². The Morgan fingerprint density at radius 3 is 2.52 bits per heavy atom. The molecule has 1 aliphatic rings. The molecule has 31 heavy (non-hydrogen) atoms. The zero-order valence-electron chi connectivity index (χ0n) is 16.2. The third kappa shape index (κ3) is 4.92. The average Bonchev–Trinajstić information content (AvgIpc) is 2.98. The highest BCUT2D eigenvalue weighted by Crippen LogP contribution is 2.32. The maximum absolute atomic E-state index is 13.8. The minimum absolute atomic E-state index is 0.0128. The van der Waals surface area contributed by atoms with Crippen molar-refractivity contribution < 1.29 is 33.8 Å². The summed E-state index contributed by atoms with van der Waals surface area (Å²) in [6, 6.07) is 9.26. The fraction of sp³-hybridized carbons (Fsp3) is 0.143. The van der Waals surface area contributed by atoms with E-state index in [-0.39, 0.29) is 28.3 Å². The van der Waals surface area contributed by atoms with Crippen LogP contribution in [0, 0.1) is 5.82 Å². The topological polar surface area (TPSA) is 115 Å². The summed E-state index contributed by atoms with van der Waals surface area (Å²) >= 11 is 0.595. The Balaban J connectivity index is 1.66. The van der Waals surface area contributed by atoms with Gasteiger partial charge in [0.05, 0.1) is 11.4 Å². The lowest BCUT2D eigenvalue weighted by Gasteiger charge is -2.19. The van der Waals surface area contributed by atoms with E-state index in [1.54, 1.807) is 6.07 Å².